The molecule has 24 heavy (non-hydrogen) atoms. The zero-order chi connectivity index (χ0) is 17.4. The topological polar surface area (TPSA) is 61.8 Å². The van der Waals surface area contributed by atoms with Gasteiger partial charge in [-0.25, -0.2) is 4.39 Å². The minimum atomic E-state index is -0.889. The molecule has 0 bridgehead atoms. The summed E-state index contributed by atoms with van der Waals surface area (Å²) in [7, 11) is 1.84. The molecule has 2 saturated heterocycles. The molecule has 1 aromatic rings. The largest absolute Gasteiger partial charge is 0.386 e. The van der Waals surface area contributed by atoms with Gasteiger partial charge in [0.1, 0.15) is 11.4 Å². The van der Waals surface area contributed by atoms with Crippen LogP contribution < -0.4 is 5.32 Å². The number of nitrogens with zero attached hydrogens (tertiary/aromatic N) is 1. The molecule has 5 nitrogen and oxygen atoms in total. The number of carbonyl (C=O) groups is 1. The molecule has 1 amide bonds. The van der Waals surface area contributed by atoms with Crippen LogP contribution in [0, 0.1) is 5.82 Å². The molecular formula is C18H25FN2O3. The molecule has 2 aliphatic rings. The third-order valence-electron chi connectivity index (χ3n) is 5.41. The number of likely N-dealkylation sites (tertiary alicyclic amines) is 1. The predicted molar refractivity (Wildman–Crippen MR) is 88.3 cm³/mol. The summed E-state index contributed by atoms with van der Waals surface area (Å²) in [6.07, 6.45) is 2.10. The maximum Gasteiger partial charge on any atom is 0.256 e. The van der Waals surface area contributed by atoms with Crippen molar-refractivity contribution in [3.63, 3.8) is 0 Å². The number of aliphatic hydroxyl groups is 1. The molecule has 1 aromatic carbocycles. The number of hydrogen-bond donors (Lipinski definition) is 2. The average Bonchev–Trinajstić information content (AvgIpc) is 2.58. The van der Waals surface area contributed by atoms with Gasteiger partial charge in [0.2, 0.25) is 0 Å². The highest BCUT2D eigenvalue weighted by Crippen LogP contribution is 2.38. The van der Waals surface area contributed by atoms with Crippen LogP contribution in [0.1, 0.15) is 36.5 Å². The molecule has 2 aliphatic heterocycles. The molecule has 2 heterocycles. The van der Waals surface area contributed by atoms with E-state index in [2.05, 4.69) is 5.32 Å². The Morgan fingerprint density at radius 3 is 2.67 bits per heavy atom. The van der Waals surface area contributed by atoms with E-state index in [-0.39, 0.29) is 29.7 Å². The SMILES string of the molecule is CN[C@H]1CC2(CCN(C(=O)c3ccccc3F)CC2)OC[C@]1(C)O. The van der Waals surface area contributed by atoms with Gasteiger partial charge in [-0.15, -0.1) is 0 Å². The Bertz CT molecular complexity index is 612. The van der Waals surface area contributed by atoms with Crippen LogP contribution in [0.2, 0.25) is 0 Å². The molecule has 0 aliphatic carbocycles. The highest BCUT2D eigenvalue weighted by molar-refractivity contribution is 5.94. The van der Waals surface area contributed by atoms with Crippen molar-refractivity contribution in [1.82, 2.24) is 10.2 Å². The fourth-order valence-electron chi connectivity index (χ4n) is 3.73. The zero-order valence-electron chi connectivity index (χ0n) is 14.2. The van der Waals surface area contributed by atoms with Gasteiger partial charge in [0.25, 0.3) is 5.91 Å². The summed E-state index contributed by atoms with van der Waals surface area (Å²) in [6, 6.07) is 6.04. The van der Waals surface area contributed by atoms with Crippen molar-refractivity contribution in [1.29, 1.82) is 0 Å². The number of ether oxygens (including phenoxy) is 1. The van der Waals surface area contributed by atoms with E-state index in [1.807, 2.05) is 7.05 Å². The summed E-state index contributed by atoms with van der Waals surface area (Å²) < 4.78 is 19.8. The first-order valence-corrected chi connectivity index (χ1v) is 8.44. The second-order valence-electron chi connectivity index (χ2n) is 7.15. The molecule has 0 aromatic heterocycles. The van der Waals surface area contributed by atoms with E-state index < -0.39 is 11.4 Å². The van der Waals surface area contributed by atoms with Crippen molar-refractivity contribution in [2.75, 3.05) is 26.7 Å². The van der Waals surface area contributed by atoms with Gasteiger partial charge in [-0.05, 0) is 45.4 Å². The molecule has 0 unspecified atom stereocenters. The number of hydrogen-bond acceptors (Lipinski definition) is 4. The molecule has 2 N–H and O–H groups in total. The minimum Gasteiger partial charge on any atom is -0.386 e. The van der Waals surface area contributed by atoms with E-state index >= 15 is 0 Å². The van der Waals surface area contributed by atoms with E-state index in [4.69, 9.17) is 4.74 Å². The monoisotopic (exact) mass is 336 g/mol. The Labute approximate surface area is 141 Å². The number of nitrogens with one attached hydrogen (secondary N) is 1. The smallest absolute Gasteiger partial charge is 0.256 e. The highest BCUT2D eigenvalue weighted by Gasteiger charge is 2.48. The summed E-state index contributed by atoms with van der Waals surface area (Å²) in [5.74, 6) is -0.751. The number of likely N-dealkylation sites (N-methyl/N-ethyl adjacent to an activating group) is 1. The Hall–Kier alpha value is -1.50. The molecule has 0 radical (unpaired) electrons. The maximum absolute atomic E-state index is 13.8. The van der Waals surface area contributed by atoms with Gasteiger partial charge in [-0.2, -0.15) is 0 Å². The fraction of sp³-hybridized carbons (Fsp3) is 0.611. The molecule has 6 heteroatoms. The number of piperidine rings is 1. The first-order valence-electron chi connectivity index (χ1n) is 8.44. The first kappa shape index (κ1) is 17.3. The quantitative estimate of drug-likeness (QED) is 0.860. The Morgan fingerprint density at radius 1 is 1.38 bits per heavy atom. The Morgan fingerprint density at radius 2 is 2.04 bits per heavy atom. The molecule has 0 saturated carbocycles. The number of rotatable bonds is 2. The van der Waals surface area contributed by atoms with Crippen LogP contribution in [0.5, 0.6) is 0 Å². The van der Waals surface area contributed by atoms with Crippen LogP contribution in [0.4, 0.5) is 4.39 Å². The van der Waals surface area contributed by atoms with Crippen LogP contribution in [-0.4, -0.2) is 59.9 Å². The van der Waals surface area contributed by atoms with Crippen LogP contribution in [0.15, 0.2) is 24.3 Å². The van der Waals surface area contributed by atoms with Gasteiger partial charge in [-0.3, -0.25) is 4.79 Å². The second kappa shape index (κ2) is 6.43. The number of amides is 1. The Kier molecular flexibility index (Phi) is 4.64. The lowest BCUT2D eigenvalue weighted by Crippen LogP contribution is -2.62. The molecule has 2 fully saturated rings. The lowest BCUT2D eigenvalue weighted by molar-refractivity contribution is -0.189. The van der Waals surface area contributed by atoms with Crippen molar-refractivity contribution in [2.24, 2.45) is 0 Å². The van der Waals surface area contributed by atoms with Crippen molar-refractivity contribution in [3.8, 4) is 0 Å². The minimum absolute atomic E-state index is 0.0416. The van der Waals surface area contributed by atoms with Gasteiger partial charge < -0.3 is 20.1 Å². The van der Waals surface area contributed by atoms with Crippen LogP contribution in [0.25, 0.3) is 0 Å². The molecule has 132 valence electrons. The summed E-state index contributed by atoms with van der Waals surface area (Å²) in [4.78, 5) is 14.2. The Balaban J connectivity index is 1.66. The van der Waals surface area contributed by atoms with E-state index in [1.165, 1.54) is 12.1 Å². The van der Waals surface area contributed by atoms with Crippen molar-refractivity contribution >= 4 is 5.91 Å². The van der Waals surface area contributed by atoms with Crippen molar-refractivity contribution in [3.05, 3.63) is 35.6 Å². The van der Waals surface area contributed by atoms with E-state index in [1.54, 1.807) is 24.0 Å². The number of halogens is 1. The lowest BCUT2D eigenvalue weighted by Gasteiger charge is -2.50. The van der Waals surface area contributed by atoms with E-state index in [0.29, 0.717) is 32.4 Å². The maximum atomic E-state index is 13.8. The molecule has 3 rings (SSSR count). The van der Waals surface area contributed by atoms with Gasteiger partial charge in [-0.1, -0.05) is 12.1 Å². The summed E-state index contributed by atoms with van der Waals surface area (Å²) >= 11 is 0. The fourth-order valence-corrected chi connectivity index (χ4v) is 3.73. The number of carbonyl (C=O) groups excluding carboxylic acids is 1. The summed E-state index contributed by atoms with van der Waals surface area (Å²) in [6.45, 7) is 3.12. The molecular weight excluding hydrogens is 311 g/mol. The first-order chi connectivity index (χ1) is 11.4. The third kappa shape index (κ3) is 3.18. The van der Waals surface area contributed by atoms with Crippen molar-refractivity contribution in [2.45, 2.75) is 43.4 Å². The lowest BCUT2D eigenvalue weighted by atomic mass is 9.77. The molecule has 2 atom stereocenters. The molecule has 1 spiro atoms. The van der Waals surface area contributed by atoms with Crippen molar-refractivity contribution < 1.29 is 19.0 Å². The average molecular weight is 336 g/mol. The summed E-state index contributed by atoms with van der Waals surface area (Å²) in [5.41, 5.74) is -1.09. The standard InChI is InChI=1S/C18H25FN2O3/c1-17(23)12-24-18(11-15(17)20-2)7-9-21(10-8-18)16(22)13-5-3-4-6-14(13)19/h3-6,15,20,23H,7-12H2,1-2H3/t15-,17-/m0/s1. The van der Waals surface area contributed by atoms with Crippen LogP contribution >= 0.6 is 0 Å². The van der Waals surface area contributed by atoms with Crippen LogP contribution in [0.3, 0.4) is 0 Å². The van der Waals surface area contributed by atoms with Gasteiger partial charge in [0, 0.05) is 19.1 Å². The van der Waals surface area contributed by atoms with E-state index in [9.17, 15) is 14.3 Å². The normalized spacial score (nSPS) is 29.7. The third-order valence-corrected chi connectivity index (χ3v) is 5.41. The highest BCUT2D eigenvalue weighted by atomic mass is 19.1. The van der Waals surface area contributed by atoms with Crippen LogP contribution in [-0.2, 0) is 4.74 Å². The van der Waals surface area contributed by atoms with Gasteiger partial charge in [0.05, 0.1) is 17.8 Å². The second-order valence-corrected chi connectivity index (χ2v) is 7.15. The number of benzene rings is 1. The zero-order valence-corrected chi connectivity index (χ0v) is 14.2. The predicted octanol–water partition coefficient (Wildman–Crippen LogP) is 1.56. The summed E-state index contributed by atoms with van der Waals surface area (Å²) in [5, 5.41) is 13.5. The van der Waals surface area contributed by atoms with Gasteiger partial charge >= 0.3 is 0 Å². The van der Waals surface area contributed by atoms with Gasteiger partial charge in [0.15, 0.2) is 0 Å². The van der Waals surface area contributed by atoms with E-state index in [0.717, 1.165) is 0 Å².